The van der Waals surface area contributed by atoms with Crippen LogP contribution in [0.4, 0.5) is 0 Å². The molecule has 0 atom stereocenters. The van der Waals surface area contributed by atoms with Gasteiger partial charge in [0, 0.05) is 31.4 Å². The summed E-state index contributed by atoms with van der Waals surface area (Å²) in [5, 5.41) is 10.3. The van der Waals surface area contributed by atoms with Crippen molar-refractivity contribution in [3.63, 3.8) is 0 Å². The number of benzene rings is 1. The number of nitrogens with zero attached hydrogens (tertiary/aromatic N) is 2. The monoisotopic (exact) mass is 354 g/mol. The number of rotatable bonds is 6. The normalized spacial score (nSPS) is 16.2. The van der Waals surface area contributed by atoms with Gasteiger partial charge in [-0.05, 0) is 49.3 Å². The molecular formula is C21H30N4O. The maximum absolute atomic E-state index is 12.4. The van der Waals surface area contributed by atoms with E-state index in [1.807, 2.05) is 6.07 Å². The molecule has 26 heavy (non-hydrogen) atoms. The lowest BCUT2D eigenvalue weighted by atomic mass is 10.0. The minimum Gasteiger partial charge on any atom is -0.348 e. The Kier molecular flexibility index (Phi) is 6.09. The van der Waals surface area contributed by atoms with E-state index in [9.17, 15) is 4.79 Å². The average Bonchev–Trinajstić information content (AvgIpc) is 3.06. The van der Waals surface area contributed by atoms with Gasteiger partial charge in [0.25, 0.3) is 5.91 Å². The molecule has 1 aliphatic rings. The first-order valence-corrected chi connectivity index (χ1v) is 9.63. The molecule has 5 heteroatoms. The van der Waals surface area contributed by atoms with Crippen LogP contribution in [-0.4, -0.2) is 40.1 Å². The highest BCUT2D eigenvalue weighted by atomic mass is 16.2. The first kappa shape index (κ1) is 18.6. The molecule has 0 saturated carbocycles. The number of aromatic nitrogens is 2. The Balaban J connectivity index is 1.47. The standard InChI is InChI=1S/C21H30N4O/c1-15(2)12-19-13-20(24-23-19)21(26)22-18-8-10-25(11-9-18)14-17-7-5-4-6-16(17)3/h4-7,13,15,18H,8-12,14H2,1-3H3,(H,22,26)(H,23,24). The molecule has 2 aromatic rings. The van der Waals surface area contributed by atoms with Gasteiger partial charge in [-0.2, -0.15) is 5.10 Å². The van der Waals surface area contributed by atoms with Crippen LogP contribution in [0.5, 0.6) is 0 Å². The molecule has 1 aliphatic heterocycles. The van der Waals surface area contributed by atoms with Gasteiger partial charge in [0.05, 0.1) is 0 Å². The second-order valence-electron chi connectivity index (χ2n) is 7.83. The molecule has 1 aromatic carbocycles. The minimum absolute atomic E-state index is 0.0615. The number of aryl methyl sites for hydroxylation is 1. The highest BCUT2D eigenvalue weighted by Crippen LogP contribution is 2.16. The van der Waals surface area contributed by atoms with E-state index in [4.69, 9.17) is 0 Å². The second kappa shape index (κ2) is 8.49. The Labute approximate surface area is 156 Å². The summed E-state index contributed by atoms with van der Waals surface area (Å²) in [6, 6.07) is 10.7. The number of carbonyl (C=O) groups excluding carboxylic acids is 1. The zero-order valence-corrected chi connectivity index (χ0v) is 16.1. The number of amides is 1. The van der Waals surface area contributed by atoms with Gasteiger partial charge in [0.2, 0.25) is 0 Å². The Bertz CT molecular complexity index is 729. The number of likely N-dealkylation sites (tertiary alicyclic amines) is 1. The Morgan fingerprint density at radius 1 is 1.31 bits per heavy atom. The van der Waals surface area contributed by atoms with Crippen molar-refractivity contribution in [2.45, 2.75) is 52.6 Å². The second-order valence-corrected chi connectivity index (χ2v) is 7.83. The number of hydrogen-bond acceptors (Lipinski definition) is 3. The summed E-state index contributed by atoms with van der Waals surface area (Å²) in [6.45, 7) is 9.50. The third-order valence-electron chi connectivity index (χ3n) is 5.07. The molecule has 0 aliphatic carbocycles. The Hall–Kier alpha value is -2.14. The number of carbonyl (C=O) groups is 1. The van der Waals surface area contributed by atoms with Crippen molar-refractivity contribution in [2.24, 2.45) is 5.92 Å². The number of nitrogens with one attached hydrogen (secondary N) is 2. The fraction of sp³-hybridized carbons (Fsp3) is 0.524. The molecule has 2 N–H and O–H groups in total. The molecule has 0 spiro atoms. The summed E-state index contributed by atoms with van der Waals surface area (Å²) in [4.78, 5) is 14.9. The molecule has 5 nitrogen and oxygen atoms in total. The van der Waals surface area contributed by atoms with E-state index in [1.54, 1.807) is 0 Å². The largest absolute Gasteiger partial charge is 0.348 e. The van der Waals surface area contributed by atoms with Crippen LogP contribution in [0.2, 0.25) is 0 Å². The lowest BCUT2D eigenvalue weighted by Crippen LogP contribution is -2.44. The van der Waals surface area contributed by atoms with Crippen molar-refractivity contribution in [2.75, 3.05) is 13.1 Å². The predicted molar refractivity (Wildman–Crippen MR) is 104 cm³/mol. The van der Waals surface area contributed by atoms with Gasteiger partial charge in [-0.3, -0.25) is 14.8 Å². The number of hydrogen-bond donors (Lipinski definition) is 2. The van der Waals surface area contributed by atoms with Gasteiger partial charge in [-0.15, -0.1) is 0 Å². The first-order chi connectivity index (χ1) is 12.5. The summed E-state index contributed by atoms with van der Waals surface area (Å²) < 4.78 is 0. The van der Waals surface area contributed by atoms with Crippen LogP contribution < -0.4 is 5.32 Å². The predicted octanol–water partition coefficient (Wildman–Crippen LogP) is 3.31. The highest BCUT2D eigenvalue weighted by molar-refractivity contribution is 5.92. The van der Waals surface area contributed by atoms with E-state index in [2.05, 4.69) is 65.5 Å². The number of piperidine rings is 1. The van der Waals surface area contributed by atoms with Crippen molar-refractivity contribution in [3.8, 4) is 0 Å². The van der Waals surface area contributed by atoms with Gasteiger partial charge in [0.1, 0.15) is 5.69 Å². The summed E-state index contributed by atoms with van der Waals surface area (Å²) in [6.07, 6.45) is 2.89. The van der Waals surface area contributed by atoms with Gasteiger partial charge in [0.15, 0.2) is 0 Å². The van der Waals surface area contributed by atoms with Gasteiger partial charge in [-0.1, -0.05) is 38.1 Å². The molecule has 1 amide bonds. The summed E-state index contributed by atoms with van der Waals surface area (Å²) in [5.74, 6) is 0.484. The topological polar surface area (TPSA) is 61.0 Å². The average molecular weight is 354 g/mol. The van der Waals surface area contributed by atoms with Crippen LogP contribution in [-0.2, 0) is 13.0 Å². The molecule has 0 radical (unpaired) electrons. The Morgan fingerprint density at radius 3 is 2.73 bits per heavy atom. The SMILES string of the molecule is Cc1ccccc1CN1CCC(NC(=O)c2cc(CC(C)C)[nH]n2)CC1. The van der Waals surface area contributed by atoms with E-state index in [-0.39, 0.29) is 11.9 Å². The van der Waals surface area contributed by atoms with E-state index >= 15 is 0 Å². The molecule has 2 heterocycles. The third kappa shape index (κ3) is 4.94. The fourth-order valence-electron chi connectivity index (χ4n) is 3.55. The van der Waals surface area contributed by atoms with Crippen molar-refractivity contribution in [3.05, 3.63) is 52.8 Å². The van der Waals surface area contributed by atoms with Crippen molar-refractivity contribution < 1.29 is 4.79 Å². The van der Waals surface area contributed by atoms with Crippen LogP contribution in [0.25, 0.3) is 0 Å². The summed E-state index contributed by atoms with van der Waals surface area (Å²) >= 11 is 0. The van der Waals surface area contributed by atoms with E-state index in [1.165, 1.54) is 11.1 Å². The molecule has 1 saturated heterocycles. The quantitative estimate of drug-likeness (QED) is 0.837. The molecule has 140 valence electrons. The van der Waals surface area contributed by atoms with E-state index in [0.29, 0.717) is 11.6 Å². The molecule has 3 rings (SSSR count). The van der Waals surface area contributed by atoms with E-state index in [0.717, 1.165) is 44.6 Å². The van der Waals surface area contributed by atoms with Crippen LogP contribution >= 0.6 is 0 Å². The zero-order chi connectivity index (χ0) is 18.5. The van der Waals surface area contributed by atoms with E-state index < -0.39 is 0 Å². The first-order valence-electron chi connectivity index (χ1n) is 9.63. The van der Waals surface area contributed by atoms with Crippen LogP contribution in [0.3, 0.4) is 0 Å². The van der Waals surface area contributed by atoms with Gasteiger partial charge < -0.3 is 5.32 Å². The molecule has 0 unspecified atom stereocenters. The number of aromatic amines is 1. The lowest BCUT2D eigenvalue weighted by molar-refractivity contribution is 0.0904. The summed E-state index contributed by atoms with van der Waals surface area (Å²) in [7, 11) is 0. The van der Waals surface area contributed by atoms with Crippen LogP contribution in [0.1, 0.15) is 54.0 Å². The van der Waals surface area contributed by atoms with Crippen molar-refractivity contribution >= 4 is 5.91 Å². The zero-order valence-electron chi connectivity index (χ0n) is 16.1. The molecule has 1 fully saturated rings. The van der Waals surface area contributed by atoms with Gasteiger partial charge >= 0.3 is 0 Å². The summed E-state index contributed by atoms with van der Waals surface area (Å²) in [5.41, 5.74) is 4.27. The molecule has 0 bridgehead atoms. The van der Waals surface area contributed by atoms with Gasteiger partial charge in [-0.25, -0.2) is 0 Å². The number of H-pyrrole nitrogens is 1. The Morgan fingerprint density at radius 2 is 2.04 bits per heavy atom. The lowest BCUT2D eigenvalue weighted by Gasteiger charge is -2.32. The van der Waals surface area contributed by atoms with Crippen LogP contribution in [0, 0.1) is 12.8 Å². The van der Waals surface area contributed by atoms with Crippen molar-refractivity contribution in [1.29, 1.82) is 0 Å². The third-order valence-corrected chi connectivity index (χ3v) is 5.07. The molecule has 1 aromatic heterocycles. The maximum atomic E-state index is 12.4. The smallest absolute Gasteiger partial charge is 0.271 e. The van der Waals surface area contributed by atoms with Crippen LogP contribution in [0.15, 0.2) is 30.3 Å². The van der Waals surface area contributed by atoms with Crippen molar-refractivity contribution in [1.82, 2.24) is 20.4 Å². The fourth-order valence-corrected chi connectivity index (χ4v) is 3.55. The highest BCUT2D eigenvalue weighted by Gasteiger charge is 2.22. The molecular weight excluding hydrogens is 324 g/mol. The minimum atomic E-state index is -0.0615. The maximum Gasteiger partial charge on any atom is 0.271 e.